The van der Waals surface area contributed by atoms with Crippen LogP contribution in [-0.4, -0.2) is 38.3 Å². The molecule has 2 aromatic carbocycles. The van der Waals surface area contributed by atoms with E-state index in [9.17, 15) is 13.2 Å². The molecule has 0 radical (unpaired) electrons. The lowest BCUT2D eigenvalue weighted by Crippen LogP contribution is -2.37. The number of nitrogens with zero attached hydrogens (tertiary/aromatic N) is 1. The van der Waals surface area contributed by atoms with Crippen LogP contribution in [0.25, 0.3) is 0 Å². The number of amides is 1. The van der Waals surface area contributed by atoms with Crippen molar-refractivity contribution in [1.82, 2.24) is 4.31 Å². The van der Waals surface area contributed by atoms with E-state index in [0.29, 0.717) is 23.1 Å². The van der Waals surface area contributed by atoms with Crippen molar-refractivity contribution in [3.63, 3.8) is 0 Å². The molecule has 0 saturated carbocycles. The fourth-order valence-corrected chi connectivity index (χ4v) is 4.06. The normalized spacial score (nSPS) is 11.4. The lowest BCUT2D eigenvalue weighted by Gasteiger charge is -2.20. The van der Waals surface area contributed by atoms with Crippen molar-refractivity contribution >= 4 is 33.2 Å². The molecule has 0 aliphatic heterocycles. The number of halogens is 1. The van der Waals surface area contributed by atoms with Crippen molar-refractivity contribution in [3.8, 4) is 5.75 Å². The summed E-state index contributed by atoms with van der Waals surface area (Å²) in [4.78, 5) is 12.5. The van der Waals surface area contributed by atoms with Crippen molar-refractivity contribution in [2.75, 3.05) is 25.0 Å². The second-order valence-corrected chi connectivity index (χ2v) is 8.14. The van der Waals surface area contributed by atoms with Crippen LogP contribution in [0, 0.1) is 6.92 Å². The number of carbonyl (C=O) groups excluding carboxylic acids is 1. The van der Waals surface area contributed by atoms with Gasteiger partial charge in [-0.15, -0.1) is 0 Å². The minimum absolute atomic E-state index is 0.111. The fraction of sp³-hybridized carbons (Fsp3) is 0.316. The Bertz CT molecular complexity index is 898. The second-order valence-electron chi connectivity index (χ2n) is 5.80. The number of carbonyl (C=O) groups is 1. The summed E-state index contributed by atoms with van der Waals surface area (Å²) >= 11 is 6.05. The van der Waals surface area contributed by atoms with Crippen molar-refractivity contribution in [2.24, 2.45) is 0 Å². The number of likely N-dealkylation sites (N-methyl/N-ethyl adjacent to an activating group) is 1. The minimum atomic E-state index is -3.80. The molecule has 146 valence electrons. The monoisotopic (exact) mass is 410 g/mol. The van der Waals surface area contributed by atoms with Crippen LogP contribution in [0.15, 0.2) is 47.4 Å². The third-order valence-corrected chi connectivity index (χ3v) is 6.33. The Morgan fingerprint density at radius 1 is 1.15 bits per heavy atom. The maximum absolute atomic E-state index is 12.8. The molecular weight excluding hydrogens is 388 g/mol. The number of benzene rings is 2. The van der Waals surface area contributed by atoms with Crippen LogP contribution in [0.5, 0.6) is 5.75 Å². The topological polar surface area (TPSA) is 75.7 Å². The molecule has 0 fully saturated rings. The molecule has 0 aliphatic rings. The van der Waals surface area contributed by atoms with Gasteiger partial charge in [0, 0.05) is 17.3 Å². The van der Waals surface area contributed by atoms with Crippen molar-refractivity contribution in [3.05, 3.63) is 53.1 Å². The number of anilines is 1. The molecule has 1 amide bonds. The first-order valence-corrected chi connectivity index (χ1v) is 10.4. The van der Waals surface area contributed by atoms with E-state index in [1.807, 2.05) is 6.92 Å². The van der Waals surface area contributed by atoms with Crippen LogP contribution >= 0.6 is 11.6 Å². The third-order valence-electron chi connectivity index (χ3n) is 3.99. The first-order chi connectivity index (χ1) is 12.8. The van der Waals surface area contributed by atoms with E-state index in [1.54, 1.807) is 44.2 Å². The van der Waals surface area contributed by atoms with Gasteiger partial charge in [-0.05, 0) is 55.8 Å². The molecule has 2 aromatic rings. The highest BCUT2D eigenvalue weighted by Crippen LogP contribution is 2.23. The highest BCUT2D eigenvalue weighted by atomic mass is 35.5. The minimum Gasteiger partial charge on any atom is -0.494 e. The van der Waals surface area contributed by atoms with Crippen LogP contribution in [0.1, 0.15) is 19.4 Å². The zero-order valence-electron chi connectivity index (χ0n) is 15.5. The Hall–Kier alpha value is -2.09. The SMILES string of the molecule is CCOc1ccc(S(=O)(=O)N(CC)CC(=O)Nc2cccc(Cl)c2C)cc1. The van der Waals surface area contributed by atoms with Gasteiger partial charge in [-0.2, -0.15) is 4.31 Å². The van der Waals surface area contributed by atoms with E-state index in [4.69, 9.17) is 16.3 Å². The van der Waals surface area contributed by atoms with Gasteiger partial charge in [-0.1, -0.05) is 24.6 Å². The van der Waals surface area contributed by atoms with Crippen LogP contribution in [-0.2, 0) is 14.8 Å². The predicted octanol–water partition coefficient (Wildman–Crippen LogP) is 3.70. The number of ether oxygens (including phenoxy) is 1. The van der Waals surface area contributed by atoms with Gasteiger partial charge >= 0.3 is 0 Å². The van der Waals surface area contributed by atoms with E-state index >= 15 is 0 Å². The first kappa shape index (κ1) is 21.2. The zero-order chi connectivity index (χ0) is 20.0. The molecule has 27 heavy (non-hydrogen) atoms. The lowest BCUT2D eigenvalue weighted by molar-refractivity contribution is -0.116. The van der Waals surface area contributed by atoms with Crippen LogP contribution in [0.2, 0.25) is 5.02 Å². The standard InChI is InChI=1S/C19H23ClN2O4S/c1-4-22(13-19(23)21-18-8-6-7-17(20)14(18)3)27(24,25)16-11-9-15(10-12-16)26-5-2/h6-12H,4-5,13H2,1-3H3,(H,21,23). The van der Waals surface area contributed by atoms with E-state index in [2.05, 4.69) is 5.32 Å². The molecule has 0 unspecified atom stereocenters. The lowest BCUT2D eigenvalue weighted by atomic mass is 10.2. The van der Waals surface area contributed by atoms with Gasteiger partial charge < -0.3 is 10.1 Å². The molecule has 2 rings (SSSR count). The molecule has 0 spiro atoms. The Balaban J connectivity index is 2.14. The molecule has 0 saturated heterocycles. The van der Waals surface area contributed by atoms with E-state index in [-0.39, 0.29) is 18.0 Å². The van der Waals surface area contributed by atoms with Crippen LogP contribution < -0.4 is 10.1 Å². The summed E-state index contributed by atoms with van der Waals surface area (Å²) in [6, 6.07) is 11.3. The van der Waals surface area contributed by atoms with Crippen LogP contribution in [0.4, 0.5) is 5.69 Å². The number of hydrogen-bond acceptors (Lipinski definition) is 4. The average molecular weight is 411 g/mol. The van der Waals surface area contributed by atoms with Gasteiger partial charge in [-0.25, -0.2) is 8.42 Å². The van der Waals surface area contributed by atoms with E-state index in [1.165, 1.54) is 12.1 Å². The molecule has 1 N–H and O–H groups in total. The van der Waals surface area contributed by atoms with Gasteiger partial charge in [0.25, 0.3) is 0 Å². The van der Waals surface area contributed by atoms with Crippen molar-refractivity contribution < 1.29 is 17.9 Å². The summed E-state index contributed by atoms with van der Waals surface area (Å²) in [7, 11) is -3.80. The molecule has 0 aromatic heterocycles. The Morgan fingerprint density at radius 3 is 2.41 bits per heavy atom. The van der Waals surface area contributed by atoms with Gasteiger partial charge in [-0.3, -0.25) is 4.79 Å². The van der Waals surface area contributed by atoms with Gasteiger partial charge in [0.2, 0.25) is 15.9 Å². The highest BCUT2D eigenvalue weighted by molar-refractivity contribution is 7.89. The Kier molecular flexibility index (Phi) is 7.24. The molecule has 8 heteroatoms. The Morgan fingerprint density at radius 2 is 1.81 bits per heavy atom. The van der Waals surface area contributed by atoms with Gasteiger partial charge in [0.15, 0.2) is 0 Å². The summed E-state index contributed by atoms with van der Waals surface area (Å²) in [6.07, 6.45) is 0. The predicted molar refractivity (Wildman–Crippen MR) is 107 cm³/mol. The zero-order valence-corrected chi connectivity index (χ0v) is 17.1. The summed E-state index contributed by atoms with van der Waals surface area (Å²) in [6.45, 7) is 5.69. The third kappa shape index (κ3) is 5.22. The highest BCUT2D eigenvalue weighted by Gasteiger charge is 2.25. The maximum Gasteiger partial charge on any atom is 0.243 e. The van der Waals surface area contributed by atoms with Crippen molar-refractivity contribution in [1.29, 1.82) is 0 Å². The van der Waals surface area contributed by atoms with E-state index < -0.39 is 15.9 Å². The number of sulfonamides is 1. The molecule has 0 aliphatic carbocycles. The smallest absolute Gasteiger partial charge is 0.243 e. The molecule has 0 atom stereocenters. The number of nitrogens with one attached hydrogen (secondary N) is 1. The van der Waals surface area contributed by atoms with E-state index in [0.717, 1.165) is 9.87 Å². The number of rotatable bonds is 8. The van der Waals surface area contributed by atoms with Gasteiger partial charge in [0.1, 0.15) is 5.75 Å². The summed E-state index contributed by atoms with van der Waals surface area (Å²) < 4.78 is 32.1. The second kappa shape index (κ2) is 9.21. The molecule has 6 nitrogen and oxygen atoms in total. The first-order valence-electron chi connectivity index (χ1n) is 8.57. The maximum atomic E-state index is 12.8. The number of hydrogen-bond donors (Lipinski definition) is 1. The van der Waals surface area contributed by atoms with Crippen LogP contribution in [0.3, 0.4) is 0 Å². The Labute approximate surface area is 165 Å². The largest absolute Gasteiger partial charge is 0.494 e. The quantitative estimate of drug-likeness (QED) is 0.720. The van der Waals surface area contributed by atoms with Gasteiger partial charge in [0.05, 0.1) is 18.0 Å². The summed E-state index contributed by atoms with van der Waals surface area (Å²) in [5.74, 6) is 0.158. The average Bonchev–Trinajstić information content (AvgIpc) is 2.64. The molecular formula is C19H23ClN2O4S. The summed E-state index contributed by atoms with van der Waals surface area (Å²) in [5, 5.41) is 3.25. The fourth-order valence-electron chi connectivity index (χ4n) is 2.48. The molecule has 0 bridgehead atoms. The summed E-state index contributed by atoms with van der Waals surface area (Å²) in [5.41, 5.74) is 1.28. The van der Waals surface area contributed by atoms with Crippen molar-refractivity contribution in [2.45, 2.75) is 25.7 Å². The molecule has 0 heterocycles.